The van der Waals surface area contributed by atoms with Crippen molar-refractivity contribution >= 4 is 0 Å². The molecule has 2 rings (SSSR count). The van der Waals surface area contributed by atoms with E-state index in [0.717, 1.165) is 24.0 Å². The molecule has 0 aliphatic carbocycles. The van der Waals surface area contributed by atoms with Crippen LogP contribution in [0.1, 0.15) is 140 Å². The maximum atomic E-state index is 10.3. The average molecular weight is 495 g/mol. The average Bonchev–Trinajstić information content (AvgIpc) is 2.82. The summed E-state index contributed by atoms with van der Waals surface area (Å²) in [7, 11) is 0. The van der Waals surface area contributed by atoms with Crippen LogP contribution in [0, 0.1) is 13.8 Å². The van der Waals surface area contributed by atoms with Gasteiger partial charge in [-0.15, -0.1) is 0 Å². The quantitative estimate of drug-likeness (QED) is 0.215. The third kappa shape index (κ3) is 10.2. The number of hydrogen-bond donors (Lipinski definition) is 2. The van der Waals surface area contributed by atoms with E-state index in [0.29, 0.717) is 11.5 Å². The number of unbranched alkanes of at least 4 members (excludes halogenated alkanes) is 11. The zero-order valence-corrected chi connectivity index (χ0v) is 24.3. The fraction of sp³-hybridized carbons (Fsp3) is 0.647. The van der Waals surface area contributed by atoms with Crippen molar-refractivity contribution in [1.29, 1.82) is 0 Å². The van der Waals surface area contributed by atoms with Gasteiger partial charge in [-0.1, -0.05) is 140 Å². The van der Waals surface area contributed by atoms with Gasteiger partial charge < -0.3 is 10.2 Å². The molecule has 2 aromatic carbocycles. The third-order valence-corrected chi connectivity index (χ3v) is 8.12. The Kier molecular flexibility index (Phi) is 12.4. The van der Waals surface area contributed by atoms with E-state index in [4.69, 9.17) is 0 Å². The minimum Gasteiger partial charge on any atom is -0.508 e. The van der Waals surface area contributed by atoms with Gasteiger partial charge in [-0.2, -0.15) is 0 Å². The van der Waals surface area contributed by atoms with E-state index in [1.165, 1.54) is 88.2 Å². The maximum absolute atomic E-state index is 10.3. The second-order valence-electron chi connectivity index (χ2n) is 12.6. The Labute approximate surface area is 222 Å². The number of aryl methyl sites for hydroxylation is 2. The molecule has 0 aliphatic heterocycles. The minimum absolute atomic E-state index is 0.0359. The number of rotatable bonds is 17. The lowest BCUT2D eigenvalue weighted by Gasteiger charge is -2.26. The molecule has 2 nitrogen and oxygen atoms in total. The number of phenols is 2. The van der Waals surface area contributed by atoms with Crippen LogP contribution in [0.2, 0.25) is 0 Å². The van der Waals surface area contributed by atoms with Crippen LogP contribution >= 0.6 is 0 Å². The molecular weight excluding hydrogens is 440 g/mol. The third-order valence-electron chi connectivity index (χ3n) is 8.12. The van der Waals surface area contributed by atoms with Crippen molar-refractivity contribution in [2.75, 3.05) is 0 Å². The number of benzene rings is 2. The summed E-state index contributed by atoms with van der Waals surface area (Å²) < 4.78 is 0. The molecule has 2 aromatic rings. The van der Waals surface area contributed by atoms with Gasteiger partial charge in [0.15, 0.2) is 0 Å². The van der Waals surface area contributed by atoms with Gasteiger partial charge in [-0.25, -0.2) is 0 Å². The molecule has 0 heterocycles. The first-order chi connectivity index (χ1) is 17.0. The van der Waals surface area contributed by atoms with Crippen molar-refractivity contribution < 1.29 is 10.2 Å². The number of aromatic hydroxyl groups is 2. The van der Waals surface area contributed by atoms with Crippen LogP contribution in [0.3, 0.4) is 0 Å². The Hall–Kier alpha value is -1.96. The Bertz CT molecular complexity index is 834. The molecule has 0 bridgehead atoms. The fourth-order valence-corrected chi connectivity index (χ4v) is 5.55. The summed E-state index contributed by atoms with van der Waals surface area (Å²) in [6.07, 6.45) is 18.2. The molecule has 0 saturated heterocycles. The van der Waals surface area contributed by atoms with Crippen LogP contribution in [-0.4, -0.2) is 10.2 Å². The van der Waals surface area contributed by atoms with Gasteiger partial charge in [-0.05, 0) is 60.8 Å². The summed E-state index contributed by atoms with van der Waals surface area (Å²) in [6.45, 7) is 13.2. The van der Waals surface area contributed by atoms with E-state index in [1.807, 2.05) is 24.3 Å². The van der Waals surface area contributed by atoms with E-state index in [9.17, 15) is 10.2 Å². The van der Waals surface area contributed by atoms with Crippen LogP contribution in [-0.2, 0) is 10.8 Å². The van der Waals surface area contributed by atoms with Gasteiger partial charge in [0.25, 0.3) is 0 Å². The lowest BCUT2D eigenvalue weighted by molar-refractivity contribution is 0.402. The molecule has 0 spiro atoms. The first-order valence-corrected chi connectivity index (χ1v) is 14.6. The SMILES string of the molecule is Cc1ccc(O)c(C(C)(C)CCCCCCCCCCCCCCC(C)(C)c2cc(C)ccc2O)c1. The highest BCUT2D eigenvalue weighted by Crippen LogP contribution is 2.37. The lowest BCUT2D eigenvalue weighted by Crippen LogP contribution is -2.17. The molecule has 0 aromatic heterocycles. The van der Waals surface area contributed by atoms with Gasteiger partial charge in [0.2, 0.25) is 0 Å². The zero-order chi connectivity index (χ0) is 26.6. The Balaban J connectivity index is 1.46. The van der Waals surface area contributed by atoms with Crippen molar-refractivity contribution in [2.45, 2.75) is 142 Å². The smallest absolute Gasteiger partial charge is 0.119 e. The van der Waals surface area contributed by atoms with Crippen molar-refractivity contribution in [1.82, 2.24) is 0 Å². The van der Waals surface area contributed by atoms with Crippen LogP contribution < -0.4 is 0 Å². The van der Waals surface area contributed by atoms with E-state index in [-0.39, 0.29) is 10.8 Å². The van der Waals surface area contributed by atoms with Gasteiger partial charge in [0, 0.05) is 0 Å². The molecule has 0 unspecified atom stereocenters. The molecule has 0 radical (unpaired) electrons. The summed E-state index contributed by atoms with van der Waals surface area (Å²) in [4.78, 5) is 0. The van der Waals surface area contributed by atoms with Crippen molar-refractivity contribution in [3.8, 4) is 11.5 Å². The molecule has 202 valence electrons. The van der Waals surface area contributed by atoms with E-state index >= 15 is 0 Å². The number of phenolic OH excluding ortho intramolecular Hbond substituents is 2. The Morgan fingerprint density at radius 2 is 0.750 bits per heavy atom. The second kappa shape index (κ2) is 14.7. The van der Waals surface area contributed by atoms with Crippen molar-refractivity contribution in [2.24, 2.45) is 0 Å². The van der Waals surface area contributed by atoms with E-state index < -0.39 is 0 Å². The highest BCUT2D eigenvalue weighted by atomic mass is 16.3. The monoisotopic (exact) mass is 494 g/mol. The zero-order valence-electron chi connectivity index (χ0n) is 24.3. The summed E-state index contributed by atoms with van der Waals surface area (Å²) >= 11 is 0. The molecule has 0 fully saturated rings. The van der Waals surface area contributed by atoms with Crippen LogP contribution in [0.4, 0.5) is 0 Å². The molecule has 0 atom stereocenters. The lowest BCUT2D eigenvalue weighted by atomic mass is 9.79. The normalized spacial score (nSPS) is 12.3. The van der Waals surface area contributed by atoms with Gasteiger partial charge in [0.05, 0.1) is 0 Å². The Morgan fingerprint density at radius 3 is 1.06 bits per heavy atom. The van der Waals surface area contributed by atoms with Crippen LogP contribution in [0.5, 0.6) is 11.5 Å². The Morgan fingerprint density at radius 1 is 0.472 bits per heavy atom. The molecule has 0 saturated carbocycles. The van der Waals surface area contributed by atoms with Crippen molar-refractivity contribution in [3.05, 3.63) is 58.7 Å². The van der Waals surface area contributed by atoms with Gasteiger partial charge in [0.1, 0.15) is 11.5 Å². The minimum atomic E-state index is 0.0359. The summed E-state index contributed by atoms with van der Waals surface area (Å²) in [5.41, 5.74) is 4.70. The van der Waals surface area contributed by atoms with Gasteiger partial charge in [-0.3, -0.25) is 0 Å². The molecule has 2 N–H and O–H groups in total. The predicted molar refractivity (Wildman–Crippen MR) is 156 cm³/mol. The van der Waals surface area contributed by atoms with Crippen LogP contribution in [0.25, 0.3) is 0 Å². The first kappa shape index (κ1) is 30.3. The molecule has 0 amide bonds. The summed E-state index contributed by atoms with van der Waals surface area (Å²) in [5, 5.41) is 20.5. The highest BCUT2D eigenvalue weighted by molar-refractivity contribution is 5.41. The van der Waals surface area contributed by atoms with Gasteiger partial charge >= 0.3 is 0 Å². The summed E-state index contributed by atoms with van der Waals surface area (Å²) in [6, 6.07) is 11.9. The van der Waals surface area contributed by atoms with Crippen molar-refractivity contribution in [3.63, 3.8) is 0 Å². The standard InChI is InChI=1S/C34H54O2/c1-27-19-21-31(35)29(25-27)33(3,4)23-17-15-13-11-9-7-8-10-12-14-16-18-24-34(5,6)30-26-28(2)20-22-32(30)36/h19-22,25-26,35-36H,7-18,23-24H2,1-6H3. The van der Waals surface area contributed by atoms with E-state index in [1.54, 1.807) is 0 Å². The highest BCUT2D eigenvalue weighted by Gasteiger charge is 2.24. The first-order valence-electron chi connectivity index (χ1n) is 14.6. The number of hydrogen-bond acceptors (Lipinski definition) is 2. The summed E-state index contributed by atoms with van der Waals surface area (Å²) in [5.74, 6) is 0.883. The molecule has 0 aliphatic rings. The fourth-order valence-electron chi connectivity index (χ4n) is 5.55. The second-order valence-corrected chi connectivity index (χ2v) is 12.6. The van der Waals surface area contributed by atoms with Crippen LogP contribution in [0.15, 0.2) is 36.4 Å². The van der Waals surface area contributed by atoms with E-state index in [2.05, 4.69) is 53.7 Å². The molecule has 36 heavy (non-hydrogen) atoms. The largest absolute Gasteiger partial charge is 0.508 e. The molecular formula is C34H54O2. The maximum Gasteiger partial charge on any atom is 0.119 e. The topological polar surface area (TPSA) is 40.5 Å². The predicted octanol–water partition coefficient (Wildman–Crippen LogP) is 10.4. The molecule has 2 heteroatoms.